The molecule has 2 aromatic rings. The van der Waals surface area contributed by atoms with E-state index in [-0.39, 0.29) is 13.3 Å². The van der Waals surface area contributed by atoms with Gasteiger partial charge in [-0.2, -0.15) is 9.78 Å². The van der Waals surface area contributed by atoms with E-state index in [1.807, 2.05) is 6.07 Å². The average Bonchev–Trinajstić information content (AvgIpc) is 3.18. The second-order valence-corrected chi connectivity index (χ2v) is 7.69. The molecule has 9 heteroatoms. The fraction of sp³-hybridized carbons (Fsp3) is 0.524. The maximum atomic E-state index is 12.7. The molecule has 1 saturated heterocycles. The van der Waals surface area contributed by atoms with E-state index in [1.54, 1.807) is 6.20 Å². The van der Waals surface area contributed by atoms with E-state index >= 15 is 0 Å². The van der Waals surface area contributed by atoms with Gasteiger partial charge in [-0.1, -0.05) is 26.7 Å². The molecule has 3 heterocycles. The molecule has 4 rings (SSSR count). The van der Waals surface area contributed by atoms with Crippen LogP contribution in [0.25, 0.3) is 16.9 Å². The number of hydrogen-bond acceptors (Lipinski definition) is 7. The second-order valence-electron chi connectivity index (χ2n) is 7.69. The Morgan fingerprint density at radius 2 is 1.90 bits per heavy atom. The molecule has 1 amide bonds. The smallest absolute Gasteiger partial charge is 0.228 e. The Hall–Kier alpha value is -2.94. The number of pyridine rings is 1. The zero-order valence-corrected chi connectivity index (χ0v) is 16.4. The number of allylic oxidation sites excluding steroid dienone is 1. The number of anilines is 1. The Morgan fingerprint density at radius 1 is 1.20 bits per heavy atom. The van der Waals surface area contributed by atoms with Gasteiger partial charge in [0.25, 0.3) is 0 Å². The number of fused-ring (bicyclic) bond motifs is 1. The van der Waals surface area contributed by atoms with Crippen molar-refractivity contribution in [3.8, 4) is 0 Å². The molecule has 0 radical (unpaired) electrons. The Morgan fingerprint density at radius 3 is 2.53 bits per heavy atom. The zero-order valence-electron chi connectivity index (χ0n) is 16.4. The molecule has 2 aromatic heterocycles. The highest BCUT2D eigenvalue weighted by molar-refractivity contribution is 5.95. The summed E-state index contributed by atoms with van der Waals surface area (Å²) in [5.41, 5.74) is 12.8. The van der Waals surface area contributed by atoms with Crippen LogP contribution in [0.2, 0.25) is 0 Å². The molecule has 0 atom stereocenters. The van der Waals surface area contributed by atoms with Crippen LogP contribution in [-0.2, 0) is 14.9 Å². The lowest BCUT2D eigenvalue weighted by Crippen LogP contribution is -2.43. The molecular weight excluding hydrogens is 382 g/mol. The summed E-state index contributed by atoms with van der Waals surface area (Å²) in [4.78, 5) is 19.7. The van der Waals surface area contributed by atoms with Crippen LogP contribution < -0.4 is 16.4 Å². The number of carbonyl (C=O) groups excluding carboxylic acids is 1. The normalized spacial score (nSPS) is 19.3. The summed E-state index contributed by atoms with van der Waals surface area (Å²) in [6, 6.07) is 2.01. The quantitative estimate of drug-likeness (QED) is 0.641. The molecule has 9 nitrogen and oxygen atoms in total. The molecule has 1 saturated carbocycles. The highest BCUT2D eigenvalue weighted by Crippen LogP contribution is 2.43. The van der Waals surface area contributed by atoms with Crippen molar-refractivity contribution in [2.24, 2.45) is 11.5 Å². The van der Waals surface area contributed by atoms with Crippen LogP contribution >= 0.6 is 0 Å². The average molecular weight is 414 g/mol. The number of primary amides is 1. The van der Waals surface area contributed by atoms with E-state index < -0.39 is 5.41 Å². The molecule has 2 aliphatic rings. The minimum Gasteiger partial charge on any atom is -0.384 e. The summed E-state index contributed by atoms with van der Waals surface area (Å²) >= 11 is 0. The van der Waals surface area contributed by atoms with Crippen LogP contribution in [0.15, 0.2) is 18.3 Å². The Labute approximate surface area is 176 Å². The first kappa shape index (κ1) is 21.8. The molecule has 1 aliphatic carbocycles. The van der Waals surface area contributed by atoms with E-state index in [1.165, 1.54) is 10.8 Å². The molecule has 0 aromatic carbocycles. The van der Waals surface area contributed by atoms with Gasteiger partial charge in [-0.05, 0) is 30.5 Å². The lowest BCUT2D eigenvalue weighted by atomic mass is 9.68. The molecule has 162 valence electrons. The number of hydrogen-bond donors (Lipinski definition) is 3. The number of carbonyl (C=O) groups is 1. The van der Waals surface area contributed by atoms with Crippen molar-refractivity contribution in [3.05, 3.63) is 23.9 Å². The summed E-state index contributed by atoms with van der Waals surface area (Å²) in [7, 11) is 0. The van der Waals surface area contributed by atoms with Gasteiger partial charge in [0.15, 0.2) is 5.65 Å². The third-order valence-corrected chi connectivity index (χ3v) is 6.06. The number of morpholine rings is 1. The Bertz CT molecular complexity index is 954. The van der Waals surface area contributed by atoms with Crippen molar-refractivity contribution in [2.45, 2.75) is 44.9 Å². The lowest BCUT2D eigenvalue weighted by molar-refractivity contribution is -0.124. The zero-order chi connectivity index (χ0) is 20.4. The van der Waals surface area contributed by atoms with Crippen LogP contribution in [0.1, 0.15) is 45.1 Å². The second kappa shape index (κ2) is 8.83. The van der Waals surface area contributed by atoms with E-state index in [0.717, 1.165) is 68.2 Å². The predicted molar refractivity (Wildman–Crippen MR) is 118 cm³/mol. The van der Waals surface area contributed by atoms with Crippen molar-refractivity contribution >= 4 is 34.8 Å². The van der Waals surface area contributed by atoms with Gasteiger partial charge in [-0.15, -0.1) is 0 Å². The van der Waals surface area contributed by atoms with Crippen LogP contribution in [-0.4, -0.2) is 53.2 Å². The van der Waals surface area contributed by atoms with Gasteiger partial charge >= 0.3 is 0 Å². The standard InChI is InChI=1S/C20H27N7O2.CH4/c21-7-4-16(22)27-18-14(13-24-27)15(20(19(23)28)5-2-1-3-6-20)12-17(25-18)26-8-10-29-11-9-26;/h4,7,12-13,21H,1-3,5-6,8-11,22H2,(H2,23,28);1H4/b16-4+,21-7?;. The predicted octanol–water partition coefficient (Wildman–Crippen LogP) is 2.00. The minimum atomic E-state index is -0.728. The first-order valence-electron chi connectivity index (χ1n) is 10.1. The van der Waals surface area contributed by atoms with E-state index in [0.29, 0.717) is 24.7 Å². The van der Waals surface area contributed by atoms with Crippen molar-refractivity contribution in [1.82, 2.24) is 14.8 Å². The van der Waals surface area contributed by atoms with E-state index in [9.17, 15) is 4.79 Å². The van der Waals surface area contributed by atoms with Gasteiger partial charge < -0.3 is 26.5 Å². The number of aromatic nitrogens is 3. The molecule has 0 spiro atoms. The van der Waals surface area contributed by atoms with Crippen molar-refractivity contribution in [1.29, 1.82) is 5.41 Å². The first-order chi connectivity index (χ1) is 14.1. The van der Waals surface area contributed by atoms with E-state index in [2.05, 4.69) is 10.00 Å². The largest absolute Gasteiger partial charge is 0.384 e. The van der Waals surface area contributed by atoms with Crippen molar-refractivity contribution in [3.63, 3.8) is 0 Å². The van der Waals surface area contributed by atoms with Gasteiger partial charge in [-0.25, -0.2) is 4.98 Å². The van der Waals surface area contributed by atoms with E-state index in [4.69, 9.17) is 26.6 Å². The number of nitrogens with one attached hydrogen (secondary N) is 1. The fourth-order valence-electron chi connectivity index (χ4n) is 4.49. The fourth-order valence-corrected chi connectivity index (χ4v) is 4.49. The van der Waals surface area contributed by atoms with Gasteiger partial charge in [0, 0.05) is 24.7 Å². The first-order valence-corrected chi connectivity index (χ1v) is 10.1. The highest BCUT2D eigenvalue weighted by Gasteiger charge is 2.42. The number of nitrogens with zero attached hydrogens (tertiary/aromatic N) is 4. The monoisotopic (exact) mass is 413 g/mol. The maximum Gasteiger partial charge on any atom is 0.228 e. The van der Waals surface area contributed by atoms with Crippen molar-refractivity contribution in [2.75, 3.05) is 31.2 Å². The van der Waals surface area contributed by atoms with Crippen LogP contribution in [0, 0.1) is 5.41 Å². The van der Waals surface area contributed by atoms with Gasteiger partial charge in [0.05, 0.1) is 24.8 Å². The van der Waals surface area contributed by atoms with Gasteiger partial charge in [-0.3, -0.25) is 4.79 Å². The Kier molecular flexibility index (Phi) is 6.40. The summed E-state index contributed by atoms with van der Waals surface area (Å²) < 4.78 is 7.00. The summed E-state index contributed by atoms with van der Waals surface area (Å²) in [6.45, 7) is 2.71. The number of ether oxygens (including phenoxy) is 1. The molecule has 1 aliphatic heterocycles. The summed E-state index contributed by atoms with van der Waals surface area (Å²) in [5.74, 6) is 0.768. The topological polar surface area (TPSA) is 136 Å². The molecule has 2 fully saturated rings. The minimum absolute atomic E-state index is 0. The summed E-state index contributed by atoms with van der Waals surface area (Å²) in [5, 5.41) is 12.5. The third kappa shape index (κ3) is 3.65. The van der Waals surface area contributed by atoms with Gasteiger partial charge in [0.1, 0.15) is 11.6 Å². The Balaban J connectivity index is 0.00000256. The van der Waals surface area contributed by atoms with Crippen molar-refractivity contribution < 1.29 is 9.53 Å². The lowest BCUT2D eigenvalue weighted by Gasteiger charge is -2.36. The molecule has 5 N–H and O–H groups in total. The van der Waals surface area contributed by atoms with Crippen LogP contribution in [0.3, 0.4) is 0 Å². The number of amides is 1. The van der Waals surface area contributed by atoms with Crippen LogP contribution in [0.5, 0.6) is 0 Å². The number of rotatable bonds is 5. The SMILES string of the molecule is C.N=C/C=C(\N)n1ncc2c(C3(C(N)=O)CCCCC3)cc(N3CCOCC3)nc21. The highest BCUT2D eigenvalue weighted by atomic mass is 16.5. The molecule has 30 heavy (non-hydrogen) atoms. The third-order valence-electron chi connectivity index (χ3n) is 6.06. The maximum absolute atomic E-state index is 12.7. The molecular formula is C21H31N7O2. The van der Waals surface area contributed by atoms with Gasteiger partial charge in [0.2, 0.25) is 5.91 Å². The summed E-state index contributed by atoms with van der Waals surface area (Å²) in [6.07, 6.45) is 8.75. The molecule has 0 bridgehead atoms. The molecule has 0 unspecified atom stereocenters. The number of nitrogens with two attached hydrogens (primary N) is 2. The van der Waals surface area contributed by atoms with Crippen LogP contribution in [0.4, 0.5) is 5.82 Å².